The Labute approximate surface area is 484 Å². The third-order valence-electron chi connectivity index (χ3n) is 16.2. The van der Waals surface area contributed by atoms with Crippen molar-refractivity contribution >= 4 is 64.4 Å². The van der Waals surface area contributed by atoms with Gasteiger partial charge in [0.05, 0.1) is 54.7 Å². The summed E-state index contributed by atoms with van der Waals surface area (Å²) in [6.45, 7) is -0.140. The summed E-state index contributed by atoms with van der Waals surface area (Å²) < 4.78 is 27.9. The molecule has 0 saturated carbocycles. The van der Waals surface area contributed by atoms with Crippen LogP contribution in [0.1, 0.15) is 94.6 Å². The summed E-state index contributed by atoms with van der Waals surface area (Å²) in [7, 11) is 0. The molecule has 0 fully saturated rings. The molecule has 24 heteroatoms. The number of carboxylic acid groups (broad SMARTS) is 1. The number of primary amides is 1. The molecule has 7 amide bonds. The quantitative estimate of drug-likeness (QED) is 0.0480. The van der Waals surface area contributed by atoms with Crippen LogP contribution in [0, 0.1) is 12.7 Å². The molecule has 10 rings (SSSR count). The Hall–Kier alpha value is -9.84. The molecule has 0 bridgehead atoms. The van der Waals surface area contributed by atoms with Crippen molar-refractivity contribution in [2.45, 2.75) is 95.2 Å². The van der Waals surface area contributed by atoms with E-state index in [-0.39, 0.29) is 78.3 Å². The molecular formula is C61H60FN9O14. The number of aryl methyl sites for hydroxylation is 1. The molecule has 0 radical (unpaired) electrons. The highest BCUT2D eigenvalue weighted by atomic mass is 19.1. The number of hydrogen-bond donors (Lipinski definition) is 8. The molecule has 4 atom stereocenters. The zero-order valence-corrected chi connectivity index (χ0v) is 46.3. The highest BCUT2D eigenvalue weighted by Crippen LogP contribution is 2.49. The monoisotopic (exact) mass is 1160 g/mol. The van der Waals surface area contributed by atoms with Gasteiger partial charge in [-0.15, -0.1) is 0 Å². The summed E-state index contributed by atoms with van der Waals surface area (Å²) in [5, 5.41) is 34.0. The van der Waals surface area contributed by atoms with Crippen molar-refractivity contribution in [2.75, 3.05) is 32.8 Å². The predicted molar refractivity (Wildman–Crippen MR) is 301 cm³/mol. The number of nitrogens with two attached hydrogens (primary N) is 1. The molecule has 0 unspecified atom stereocenters. The van der Waals surface area contributed by atoms with E-state index in [2.05, 4.69) is 26.6 Å². The van der Waals surface area contributed by atoms with E-state index < -0.39 is 134 Å². The fraction of sp³-hybridized carbons (Fsp3) is 0.328. The van der Waals surface area contributed by atoms with E-state index in [0.717, 1.165) is 27.2 Å². The van der Waals surface area contributed by atoms with Gasteiger partial charge in [-0.3, -0.25) is 38.4 Å². The number of ether oxygens (including phenoxy) is 2. The Balaban J connectivity index is 0.816. The first kappa shape index (κ1) is 58.4. The molecular weight excluding hydrogens is 1100 g/mol. The number of hydrogen-bond acceptors (Lipinski definition) is 14. The Morgan fingerprint density at radius 1 is 0.847 bits per heavy atom. The normalized spacial score (nSPS) is 16.7. The maximum Gasteiger partial charge on any atom is 0.407 e. The molecule has 9 N–H and O–H groups in total. The smallest absolute Gasteiger partial charge is 0.407 e. The van der Waals surface area contributed by atoms with Crippen molar-refractivity contribution in [3.63, 3.8) is 0 Å². The molecule has 4 aromatic carbocycles. The third kappa shape index (κ3) is 11.5. The van der Waals surface area contributed by atoms with Crippen LogP contribution >= 0.6 is 0 Å². The van der Waals surface area contributed by atoms with E-state index in [1.165, 1.54) is 16.7 Å². The number of pyridine rings is 2. The number of nitrogens with zero attached hydrogens (tertiary/aromatic N) is 3. The summed E-state index contributed by atoms with van der Waals surface area (Å²) >= 11 is 0. The van der Waals surface area contributed by atoms with Crippen molar-refractivity contribution in [3.05, 3.63) is 157 Å². The molecule has 0 spiro atoms. The van der Waals surface area contributed by atoms with E-state index >= 15 is 4.39 Å². The fourth-order valence-electron chi connectivity index (χ4n) is 12.0. The van der Waals surface area contributed by atoms with Crippen LogP contribution < -0.4 is 37.9 Å². The molecule has 6 aromatic rings. The van der Waals surface area contributed by atoms with Crippen molar-refractivity contribution < 1.29 is 67.2 Å². The van der Waals surface area contributed by atoms with Gasteiger partial charge in [-0.1, -0.05) is 85.8 Å². The topological polar surface area (TPSA) is 337 Å². The molecule has 85 heavy (non-hydrogen) atoms. The second-order valence-electron chi connectivity index (χ2n) is 21.3. The zero-order valence-electron chi connectivity index (χ0n) is 46.3. The number of carboxylic acids is 1. The van der Waals surface area contributed by atoms with E-state index in [0.29, 0.717) is 27.6 Å². The van der Waals surface area contributed by atoms with Gasteiger partial charge in [0.2, 0.25) is 35.4 Å². The minimum Gasteiger partial charge on any atom is -0.481 e. The van der Waals surface area contributed by atoms with Crippen LogP contribution in [0.2, 0.25) is 0 Å². The number of alkyl carbamates (subject to hydrolysis) is 1. The van der Waals surface area contributed by atoms with Crippen molar-refractivity contribution in [2.24, 2.45) is 5.73 Å². The molecule has 4 aliphatic rings. The maximum atomic E-state index is 15.8. The number of amides is 7. The summed E-state index contributed by atoms with van der Waals surface area (Å²) in [4.78, 5) is 140. The first-order valence-electron chi connectivity index (χ1n) is 27.6. The van der Waals surface area contributed by atoms with Crippen LogP contribution in [0.15, 0.2) is 95.8 Å². The van der Waals surface area contributed by atoms with Gasteiger partial charge < -0.3 is 61.5 Å². The number of benzene rings is 4. The van der Waals surface area contributed by atoms with Crippen LogP contribution in [0.3, 0.4) is 0 Å². The van der Waals surface area contributed by atoms with Gasteiger partial charge in [-0.05, 0) is 83.2 Å². The van der Waals surface area contributed by atoms with Crippen molar-refractivity contribution in [3.8, 4) is 22.5 Å². The molecule has 2 aromatic heterocycles. The first-order valence-corrected chi connectivity index (χ1v) is 27.6. The summed E-state index contributed by atoms with van der Waals surface area (Å²) in [6, 6.07) is 22.8. The summed E-state index contributed by atoms with van der Waals surface area (Å²) in [5.41, 5.74) is 9.96. The first-order chi connectivity index (χ1) is 40.8. The number of carbonyl (C=O) groups is 9. The van der Waals surface area contributed by atoms with E-state index in [9.17, 15) is 58.2 Å². The number of aliphatic hydroxyl groups is 1. The van der Waals surface area contributed by atoms with Gasteiger partial charge in [0.15, 0.2) is 5.60 Å². The van der Waals surface area contributed by atoms with Gasteiger partial charge in [0, 0.05) is 41.3 Å². The third-order valence-corrected chi connectivity index (χ3v) is 16.2. The average molecular weight is 1160 g/mol. The number of esters is 1. The molecule has 23 nitrogen and oxygen atoms in total. The number of fused-ring (bicyclic) bond motifs is 8. The summed E-state index contributed by atoms with van der Waals surface area (Å²) in [5.74, 6) is -8.30. The number of rotatable bonds is 21. The average Bonchev–Trinajstić information content (AvgIpc) is 1.87. The van der Waals surface area contributed by atoms with Gasteiger partial charge in [0.25, 0.3) is 5.56 Å². The Kier molecular flexibility index (Phi) is 16.6. The molecule has 2 aliphatic heterocycles. The summed E-state index contributed by atoms with van der Waals surface area (Å²) in [6.07, 6.45) is -1.98. The lowest BCUT2D eigenvalue weighted by molar-refractivity contribution is -0.172. The van der Waals surface area contributed by atoms with E-state index in [1.807, 2.05) is 48.5 Å². The lowest BCUT2D eigenvalue weighted by atomic mass is 9.80. The van der Waals surface area contributed by atoms with Crippen LogP contribution in [-0.4, -0.2) is 123 Å². The zero-order chi connectivity index (χ0) is 60.4. The van der Waals surface area contributed by atoms with Gasteiger partial charge in [-0.2, -0.15) is 0 Å². The van der Waals surface area contributed by atoms with Gasteiger partial charge >= 0.3 is 18.0 Å². The minimum absolute atomic E-state index is 0.0141. The second kappa shape index (κ2) is 24.2. The Morgan fingerprint density at radius 3 is 2.16 bits per heavy atom. The maximum absolute atomic E-state index is 15.8. The van der Waals surface area contributed by atoms with Crippen molar-refractivity contribution in [1.29, 1.82) is 0 Å². The predicted octanol–water partition coefficient (Wildman–Crippen LogP) is 2.68. The molecule has 440 valence electrons. The van der Waals surface area contributed by atoms with Gasteiger partial charge in [0.1, 0.15) is 37.7 Å². The van der Waals surface area contributed by atoms with Crippen LogP contribution in [0.5, 0.6) is 0 Å². The number of cyclic esters (lactones) is 1. The lowest BCUT2D eigenvalue weighted by Gasteiger charge is -2.40. The van der Waals surface area contributed by atoms with Crippen molar-refractivity contribution in [1.82, 2.24) is 41.0 Å². The molecule has 2 aliphatic carbocycles. The van der Waals surface area contributed by atoms with Gasteiger partial charge in [-0.25, -0.2) is 19.0 Å². The fourth-order valence-corrected chi connectivity index (χ4v) is 12.0. The highest BCUT2D eigenvalue weighted by molar-refractivity contribution is 5.97. The SMILES string of the molecule is CC[C@@]1(O)C(=O)OCc2c1cc1n(c2=O)Cc2c-1nc1cc(F)c(C)c3c1c2[C@@H](N(C(=O)CNC(=O)CNC(=O)[C@H](Cc1ccccc1)NC(=O)CNC(=O)CNC(=O)OCC1c2ccccc2-c2ccccc21)[C@@H](CCC(=O)O)C(N)=O)CC3. The number of aromatic nitrogens is 2. The highest BCUT2D eigenvalue weighted by Gasteiger charge is 2.47. The second-order valence-corrected chi connectivity index (χ2v) is 21.3. The molecule has 0 saturated heterocycles. The number of nitrogens with one attached hydrogen (secondary N) is 5. The minimum atomic E-state index is -2.18. The van der Waals surface area contributed by atoms with Crippen LogP contribution in [0.25, 0.3) is 33.4 Å². The Morgan fingerprint density at radius 2 is 1.49 bits per heavy atom. The standard InChI is InChI=1S/C61H60FN9O14/c1-3-61(83)41-22-47-55-38(28-70(47)58(80)40(41)30-84-59(61)81)54-45(18-17-33-31(2)42(62)23-43(69-55)53(33)54)71(46(56(63)78)19-20-52(76)77)51(75)27-65-48(72)24-66-57(79)44(21-32-11-5-4-6-12-32)68-50(74)26-64-49(73)25-67-60(82)85-29-39-36-15-9-7-13-34(36)35-14-8-10-16-37(35)39/h4-16,22-23,39,44-46,83H,3,17-21,24-30H2,1-2H3,(H2,63,78)(H,64,73)(H,65,72)(H,66,79)(H,67,82)(H,68,74)(H,76,77)/t44-,45-,46-,61-/m0/s1. The van der Waals surface area contributed by atoms with E-state index in [4.69, 9.17) is 20.2 Å². The largest absolute Gasteiger partial charge is 0.481 e. The van der Waals surface area contributed by atoms with Crippen LogP contribution in [0.4, 0.5) is 9.18 Å². The van der Waals surface area contributed by atoms with E-state index in [1.54, 1.807) is 44.2 Å². The number of halogens is 1. The Bertz CT molecular complexity index is 3790. The molecule has 4 heterocycles. The lowest BCUT2D eigenvalue weighted by Crippen LogP contribution is -2.54. The number of carbonyl (C=O) groups excluding carboxylic acids is 8. The number of aliphatic carboxylic acids is 1. The van der Waals surface area contributed by atoms with Crippen LogP contribution in [-0.2, 0) is 79.4 Å².